The molecular weight excluding hydrogens is 308 g/mol. The van der Waals surface area contributed by atoms with Gasteiger partial charge in [-0.15, -0.1) is 0 Å². The number of fused-ring (bicyclic) bond motifs is 4. The molecule has 0 aliphatic heterocycles. The maximum atomic E-state index is 12.6. The number of non-ortho nitro benzene ring substituents is 1. The number of hydrogen-bond donors (Lipinski definition) is 1. The van der Waals surface area contributed by atoms with Crippen LogP contribution in [0.4, 0.5) is 5.69 Å². The molecule has 22 heavy (non-hydrogen) atoms. The number of nitrogens with one attached hydrogen (secondary N) is 1. The molecule has 0 amide bonds. The molecular formula is C14H7ClN4O3. The number of aromatic amines is 1. The van der Waals surface area contributed by atoms with E-state index < -0.39 is 4.92 Å². The second-order valence-corrected chi connectivity index (χ2v) is 5.23. The fourth-order valence-corrected chi connectivity index (χ4v) is 2.74. The normalized spacial score (nSPS) is 11.5. The first-order chi connectivity index (χ1) is 10.6. The van der Waals surface area contributed by atoms with E-state index in [2.05, 4.69) is 9.97 Å². The zero-order chi connectivity index (χ0) is 15.4. The summed E-state index contributed by atoms with van der Waals surface area (Å²) >= 11 is 5.93. The van der Waals surface area contributed by atoms with Crippen LogP contribution in [0.25, 0.3) is 27.7 Å². The second kappa shape index (κ2) is 4.28. The molecule has 4 rings (SSSR count). The molecule has 108 valence electrons. The van der Waals surface area contributed by atoms with Gasteiger partial charge in [0, 0.05) is 11.1 Å². The third kappa shape index (κ3) is 1.63. The lowest BCUT2D eigenvalue weighted by molar-refractivity contribution is -0.383. The van der Waals surface area contributed by atoms with Crippen molar-refractivity contribution in [2.45, 2.75) is 0 Å². The number of H-pyrrole nitrogens is 1. The van der Waals surface area contributed by atoms with E-state index in [1.165, 1.54) is 16.5 Å². The predicted octanol–water partition coefficient (Wildman–Crippen LogP) is 2.89. The first-order valence-corrected chi connectivity index (χ1v) is 6.71. The van der Waals surface area contributed by atoms with E-state index in [1.807, 2.05) is 0 Å². The van der Waals surface area contributed by atoms with E-state index in [-0.39, 0.29) is 22.5 Å². The number of halogens is 1. The zero-order valence-electron chi connectivity index (χ0n) is 10.9. The molecule has 8 heteroatoms. The lowest BCUT2D eigenvalue weighted by atomic mass is 10.2. The van der Waals surface area contributed by atoms with Crippen LogP contribution >= 0.6 is 11.6 Å². The first-order valence-electron chi connectivity index (χ1n) is 6.33. The monoisotopic (exact) mass is 314 g/mol. The van der Waals surface area contributed by atoms with Crippen molar-refractivity contribution in [1.29, 1.82) is 0 Å². The molecule has 4 aromatic rings. The minimum absolute atomic E-state index is 0.143. The van der Waals surface area contributed by atoms with Gasteiger partial charge in [0.05, 0.1) is 21.3 Å². The van der Waals surface area contributed by atoms with E-state index in [9.17, 15) is 14.9 Å². The van der Waals surface area contributed by atoms with Crippen molar-refractivity contribution in [2.75, 3.05) is 0 Å². The Morgan fingerprint density at radius 2 is 2.09 bits per heavy atom. The summed E-state index contributed by atoms with van der Waals surface area (Å²) < 4.78 is 1.33. The van der Waals surface area contributed by atoms with Crippen LogP contribution in [-0.2, 0) is 0 Å². The van der Waals surface area contributed by atoms with Crippen LogP contribution in [0, 0.1) is 10.1 Å². The maximum Gasteiger partial charge on any atom is 0.297 e. The molecule has 0 spiro atoms. The summed E-state index contributed by atoms with van der Waals surface area (Å²) in [5, 5.41) is 12.0. The highest BCUT2D eigenvalue weighted by molar-refractivity contribution is 6.31. The zero-order valence-corrected chi connectivity index (χ0v) is 11.7. The molecule has 0 bridgehead atoms. The molecule has 0 saturated carbocycles. The third-order valence-corrected chi connectivity index (χ3v) is 3.76. The van der Waals surface area contributed by atoms with Crippen LogP contribution in [0.15, 0.2) is 41.2 Å². The lowest BCUT2D eigenvalue weighted by Crippen LogP contribution is -2.13. The average Bonchev–Trinajstić information content (AvgIpc) is 2.84. The van der Waals surface area contributed by atoms with Crippen molar-refractivity contribution in [2.24, 2.45) is 0 Å². The van der Waals surface area contributed by atoms with Crippen molar-refractivity contribution in [3.63, 3.8) is 0 Å². The third-order valence-electron chi connectivity index (χ3n) is 3.52. The van der Waals surface area contributed by atoms with Gasteiger partial charge in [-0.25, -0.2) is 9.38 Å². The van der Waals surface area contributed by atoms with Gasteiger partial charge in [-0.3, -0.25) is 14.9 Å². The van der Waals surface area contributed by atoms with Crippen molar-refractivity contribution in [1.82, 2.24) is 14.4 Å². The summed E-state index contributed by atoms with van der Waals surface area (Å²) in [6, 6.07) is 9.35. The summed E-state index contributed by atoms with van der Waals surface area (Å²) in [4.78, 5) is 30.4. The number of aromatic nitrogens is 3. The molecule has 7 nitrogen and oxygen atoms in total. The Morgan fingerprint density at radius 1 is 1.27 bits per heavy atom. The number of imidazole rings is 1. The van der Waals surface area contributed by atoms with Gasteiger partial charge < -0.3 is 4.98 Å². The van der Waals surface area contributed by atoms with Crippen LogP contribution in [-0.4, -0.2) is 19.3 Å². The highest BCUT2D eigenvalue weighted by atomic mass is 35.5. The number of hydrogen-bond acceptors (Lipinski definition) is 4. The SMILES string of the molecule is O=c1c2ccc(Cl)cc2[nH]c2nc3c([N+](=O)[O-])cccc3n12. The molecule has 2 aromatic carbocycles. The first kappa shape index (κ1) is 12.8. The van der Waals surface area contributed by atoms with Crippen molar-refractivity contribution < 1.29 is 4.92 Å². The van der Waals surface area contributed by atoms with Crippen molar-refractivity contribution in [3.8, 4) is 0 Å². The average molecular weight is 315 g/mol. The number of nitrogens with zero attached hydrogens (tertiary/aromatic N) is 3. The maximum absolute atomic E-state index is 12.6. The van der Waals surface area contributed by atoms with Gasteiger partial charge in [0.15, 0.2) is 5.52 Å². The highest BCUT2D eigenvalue weighted by Gasteiger charge is 2.18. The number of para-hydroxylation sites is 1. The van der Waals surface area contributed by atoms with Crippen LogP contribution in [0.1, 0.15) is 0 Å². The Labute approximate surface area is 126 Å². The van der Waals surface area contributed by atoms with Crippen molar-refractivity contribution in [3.05, 3.63) is 61.9 Å². The predicted molar refractivity (Wildman–Crippen MR) is 82.5 cm³/mol. The Bertz CT molecular complexity index is 1150. The Hall–Kier alpha value is -2.93. The lowest BCUT2D eigenvalue weighted by Gasteiger charge is -2.00. The summed E-state index contributed by atoms with van der Waals surface area (Å²) in [5.41, 5.74) is 0.645. The van der Waals surface area contributed by atoms with Gasteiger partial charge >= 0.3 is 0 Å². The van der Waals surface area contributed by atoms with Crippen LogP contribution in [0.5, 0.6) is 0 Å². The molecule has 0 aliphatic rings. The molecule has 2 heterocycles. The number of rotatable bonds is 1. The van der Waals surface area contributed by atoms with Crippen LogP contribution < -0.4 is 5.56 Å². The molecule has 0 unspecified atom stereocenters. The van der Waals surface area contributed by atoms with E-state index in [1.54, 1.807) is 24.3 Å². The number of nitro benzene ring substituents is 1. The summed E-state index contributed by atoms with van der Waals surface area (Å²) in [6.45, 7) is 0. The Kier molecular flexibility index (Phi) is 2.49. The van der Waals surface area contributed by atoms with Gasteiger partial charge in [0.1, 0.15) is 0 Å². The van der Waals surface area contributed by atoms with Crippen LogP contribution in [0.3, 0.4) is 0 Å². The standard InChI is InChI=1S/C14H7ClN4O3/c15-7-4-5-8-9(6-7)16-14-17-12-10(18(14)13(8)20)2-1-3-11(12)19(21)22/h1-6H,(H,16,17). The summed E-state index contributed by atoms with van der Waals surface area (Å²) in [7, 11) is 0. The van der Waals surface area contributed by atoms with Gasteiger partial charge in [0.25, 0.3) is 11.2 Å². The Morgan fingerprint density at radius 3 is 2.86 bits per heavy atom. The Balaban J connectivity index is 2.27. The highest BCUT2D eigenvalue weighted by Crippen LogP contribution is 2.25. The summed E-state index contributed by atoms with van der Waals surface area (Å²) in [6.07, 6.45) is 0. The molecule has 0 fully saturated rings. The van der Waals surface area contributed by atoms with E-state index in [4.69, 9.17) is 11.6 Å². The minimum atomic E-state index is -0.518. The number of benzene rings is 2. The molecule has 0 atom stereocenters. The number of nitro groups is 1. The smallest absolute Gasteiger partial charge is 0.297 e. The largest absolute Gasteiger partial charge is 0.324 e. The van der Waals surface area contributed by atoms with E-state index in [0.717, 1.165) is 0 Å². The van der Waals surface area contributed by atoms with E-state index >= 15 is 0 Å². The van der Waals surface area contributed by atoms with E-state index in [0.29, 0.717) is 21.4 Å². The van der Waals surface area contributed by atoms with Gasteiger partial charge in [-0.1, -0.05) is 17.7 Å². The van der Waals surface area contributed by atoms with Gasteiger partial charge in [0.2, 0.25) is 5.78 Å². The quantitative estimate of drug-likeness (QED) is 0.432. The van der Waals surface area contributed by atoms with Crippen molar-refractivity contribution >= 4 is 45.0 Å². The molecule has 0 radical (unpaired) electrons. The molecule has 1 N–H and O–H groups in total. The molecule has 2 aromatic heterocycles. The molecule has 0 saturated heterocycles. The van der Waals surface area contributed by atoms with Crippen LogP contribution in [0.2, 0.25) is 5.02 Å². The summed E-state index contributed by atoms with van der Waals surface area (Å²) in [5.74, 6) is 0.240. The topological polar surface area (TPSA) is 93.3 Å². The second-order valence-electron chi connectivity index (χ2n) is 4.79. The molecule has 0 aliphatic carbocycles. The fourth-order valence-electron chi connectivity index (χ4n) is 2.57. The van der Waals surface area contributed by atoms with Gasteiger partial charge in [-0.2, -0.15) is 0 Å². The van der Waals surface area contributed by atoms with Gasteiger partial charge in [-0.05, 0) is 24.3 Å². The minimum Gasteiger partial charge on any atom is -0.324 e. The fraction of sp³-hybridized carbons (Fsp3) is 0.